The standard InChI is InChI=1S/C17H17ClN2O/c1-12(21)16-7-6-15(9-17(16)18)20(2)11-14-5-3-4-13(8-14)10-19/h3-9,12,21H,11H2,1-2H3. The number of aliphatic hydroxyl groups excluding tert-OH is 1. The molecule has 0 radical (unpaired) electrons. The molecule has 0 aliphatic rings. The minimum absolute atomic E-state index is 0.556. The molecule has 0 aliphatic carbocycles. The lowest BCUT2D eigenvalue weighted by atomic mass is 10.1. The molecule has 2 rings (SSSR count). The summed E-state index contributed by atoms with van der Waals surface area (Å²) in [6.45, 7) is 2.37. The Morgan fingerprint density at radius 3 is 2.67 bits per heavy atom. The van der Waals surface area contributed by atoms with Gasteiger partial charge in [-0.1, -0.05) is 29.8 Å². The molecule has 2 aromatic rings. The number of benzene rings is 2. The van der Waals surface area contributed by atoms with Gasteiger partial charge in [0.25, 0.3) is 0 Å². The summed E-state index contributed by atoms with van der Waals surface area (Å²) in [5.41, 5.74) is 3.41. The topological polar surface area (TPSA) is 47.3 Å². The molecule has 0 aliphatic heterocycles. The molecule has 0 bridgehead atoms. The highest BCUT2D eigenvalue weighted by Gasteiger charge is 2.09. The van der Waals surface area contributed by atoms with Crippen LogP contribution in [-0.4, -0.2) is 12.2 Å². The van der Waals surface area contributed by atoms with E-state index in [4.69, 9.17) is 16.9 Å². The Morgan fingerprint density at radius 1 is 1.29 bits per heavy atom. The first-order chi connectivity index (χ1) is 10.0. The highest BCUT2D eigenvalue weighted by Crippen LogP contribution is 2.28. The average Bonchev–Trinajstić information content (AvgIpc) is 2.46. The van der Waals surface area contributed by atoms with Gasteiger partial charge in [0.05, 0.1) is 17.7 Å². The van der Waals surface area contributed by atoms with Crippen LogP contribution in [0, 0.1) is 11.3 Å². The van der Waals surface area contributed by atoms with Gasteiger partial charge in [-0.15, -0.1) is 0 Å². The quantitative estimate of drug-likeness (QED) is 0.931. The van der Waals surface area contributed by atoms with Crippen LogP contribution in [0.3, 0.4) is 0 Å². The van der Waals surface area contributed by atoms with Gasteiger partial charge < -0.3 is 10.0 Å². The minimum atomic E-state index is -0.579. The van der Waals surface area contributed by atoms with Gasteiger partial charge in [-0.05, 0) is 42.3 Å². The van der Waals surface area contributed by atoms with Crippen LogP contribution in [0.4, 0.5) is 5.69 Å². The van der Waals surface area contributed by atoms with Crippen molar-refractivity contribution in [2.75, 3.05) is 11.9 Å². The van der Waals surface area contributed by atoms with E-state index < -0.39 is 6.10 Å². The maximum absolute atomic E-state index is 9.60. The molecule has 4 heteroatoms. The number of aliphatic hydroxyl groups is 1. The fraction of sp³-hybridized carbons (Fsp3) is 0.235. The first-order valence-electron chi connectivity index (χ1n) is 6.69. The van der Waals surface area contributed by atoms with Crippen molar-refractivity contribution in [2.45, 2.75) is 19.6 Å². The Labute approximate surface area is 130 Å². The third-order valence-corrected chi connectivity index (χ3v) is 3.68. The third kappa shape index (κ3) is 3.75. The second-order valence-corrected chi connectivity index (χ2v) is 5.46. The fourth-order valence-corrected chi connectivity index (χ4v) is 2.53. The third-order valence-electron chi connectivity index (χ3n) is 3.35. The van der Waals surface area contributed by atoms with Crippen molar-refractivity contribution in [1.82, 2.24) is 0 Å². The van der Waals surface area contributed by atoms with Crippen molar-refractivity contribution in [3.05, 3.63) is 64.2 Å². The first kappa shape index (κ1) is 15.4. The summed E-state index contributed by atoms with van der Waals surface area (Å²) in [5, 5.41) is 19.1. The Morgan fingerprint density at radius 2 is 2.05 bits per heavy atom. The van der Waals surface area contributed by atoms with Crippen LogP contribution in [0.25, 0.3) is 0 Å². The van der Waals surface area contributed by atoms with Crippen LogP contribution in [0.5, 0.6) is 0 Å². The molecule has 1 N–H and O–H groups in total. The molecular formula is C17H17ClN2O. The van der Waals surface area contributed by atoms with Crippen molar-refractivity contribution >= 4 is 17.3 Å². The predicted octanol–water partition coefficient (Wildman–Crippen LogP) is 3.90. The molecule has 21 heavy (non-hydrogen) atoms. The van der Waals surface area contributed by atoms with Crippen LogP contribution in [0.1, 0.15) is 29.7 Å². The van der Waals surface area contributed by atoms with E-state index in [0.29, 0.717) is 17.1 Å². The van der Waals surface area contributed by atoms with Crippen LogP contribution >= 0.6 is 11.6 Å². The largest absolute Gasteiger partial charge is 0.389 e. The summed E-state index contributed by atoms with van der Waals surface area (Å²) in [6, 6.07) is 15.3. The number of hydrogen-bond acceptors (Lipinski definition) is 3. The molecule has 0 amide bonds. The highest BCUT2D eigenvalue weighted by molar-refractivity contribution is 6.31. The molecular weight excluding hydrogens is 284 g/mol. The molecule has 108 valence electrons. The molecule has 0 spiro atoms. The Hall–Kier alpha value is -2.02. The van der Waals surface area contributed by atoms with Gasteiger partial charge in [0.1, 0.15) is 0 Å². The Balaban J connectivity index is 2.18. The van der Waals surface area contributed by atoms with E-state index in [9.17, 15) is 5.11 Å². The number of hydrogen-bond donors (Lipinski definition) is 1. The highest BCUT2D eigenvalue weighted by atomic mass is 35.5. The minimum Gasteiger partial charge on any atom is -0.389 e. The van der Waals surface area contributed by atoms with E-state index in [-0.39, 0.29) is 0 Å². The van der Waals surface area contributed by atoms with E-state index in [1.54, 1.807) is 13.0 Å². The molecule has 0 fully saturated rings. The zero-order chi connectivity index (χ0) is 15.4. The maximum Gasteiger partial charge on any atom is 0.0991 e. The monoisotopic (exact) mass is 300 g/mol. The van der Waals surface area contributed by atoms with Gasteiger partial charge >= 0.3 is 0 Å². The molecule has 0 aromatic heterocycles. The molecule has 1 atom stereocenters. The second-order valence-electron chi connectivity index (χ2n) is 5.05. The van der Waals surface area contributed by atoms with E-state index in [1.165, 1.54) is 0 Å². The van der Waals surface area contributed by atoms with Crippen molar-refractivity contribution in [1.29, 1.82) is 5.26 Å². The lowest BCUT2D eigenvalue weighted by Crippen LogP contribution is -2.16. The van der Waals surface area contributed by atoms with E-state index >= 15 is 0 Å². The Bertz CT molecular complexity index is 677. The van der Waals surface area contributed by atoms with Gasteiger partial charge in [0.2, 0.25) is 0 Å². The van der Waals surface area contributed by atoms with Crippen LogP contribution in [0.2, 0.25) is 5.02 Å². The summed E-state index contributed by atoms with van der Waals surface area (Å²) in [7, 11) is 1.97. The van der Waals surface area contributed by atoms with E-state index in [1.807, 2.05) is 48.3 Å². The number of halogens is 1. The predicted molar refractivity (Wildman–Crippen MR) is 85.3 cm³/mol. The molecule has 0 saturated carbocycles. The molecule has 0 saturated heterocycles. The number of anilines is 1. The Kier molecular flexibility index (Phi) is 4.85. The summed E-state index contributed by atoms with van der Waals surface area (Å²) in [4.78, 5) is 2.05. The van der Waals surface area contributed by atoms with E-state index in [2.05, 4.69) is 6.07 Å². The molecule has 1 unspecified atom stereocenters. The summed E-state index contributed by atoms with van der Waals surface area (Å²) in [6.07, 6.45) is -0.579. The molecule has 3 nitrogen and oxygen atoms in total. The first-order valence-corrected chi connectivity index (χ1v) is 7.06. The smallest absolute Gasteiger partial charge is 0.0991 e. The van der Waals surface area contributed by atoms with Gasteiger partial charge in [-0.2, -0.15) is 5.26 Å². The van der Waals surface area contributed by atoms with Crippen molar-refractivity contribution < 1.29 is 5.11 Å². The fourth-order valence-electron chi connectivity index (χ4n) is 2.20. The number of nitriles is 1. The zero-order valence-corrected chi connectivity index (χ0v) is 12.8. The molecule has 0 heterocycles. The summed E-state index contributed by atoms with van der Waals surface area (Å²) in [5.74, 6) is 0. The van der Waals surface area contributed by atoms with Crippen LogP contribution in [-0.2, 0) is 6.54 Å². The molecule has 2 aromatic carbocycles. The number of nitrogens with zero attached hydrogens (tertiary/aromatic N) is 2. The van der Waals surface area contributed by atoms with Crippen molar-refractivity contribution in [2.24, 2.45) is 0 Å². The summed E-state index contributed by atoms with van der Waals surface area (Å²) < 4.78 is 0. The van der Waals surface area contributed by atoms with Gasteiger partial charge in [0.15, 0.2) is 0 Å². The number of rotatable bonds is 4. The summed E-state index contributed by atoms with van der Waals surface area (Å²) >= 11 is 6.19. The van der Waals surface area contributed by atoms with Gasteiger partial charge in [-0.3, -0.25) is 0 Å². The SMILES string of the molecule is CC(O)c1ccc(N(C)Cc2cccc(C#N)c2)cc1Cl. The maximum atomic E-state index is 9.60. The van der Waals surface area contributed by atoms with Gasteiger partial charge in [-0.25, -0.2) is 0 Å². The van der Waals surface area contributed by atoms with Crippen LogP contribution < -0.4 is 4.90 Å². The normalized spacial score (nSPS) is 11.8. The lowest BCUT2D eigenvalue weighted by molar-refractivity contribution is 0.199. The zero-order valence-electron chi connectivity index (χ0n) is 12.0. The lowest BCUT2D eigenvalue weighted by Gasteiger charge is -2.21. The van der Waals surface area contributed by atoms with E-state index in [0.717, 1.165) is 16.8 Å². The van der Waals surface area contributed by atoms with Crippen LogP contribution in [0.15, 0.2) is 42.5 Å². The average molecular weight is 301 g/mol. The van der Waals surface area contributed by atoms with Gasteiger partial charge in [0, 0.05) is 24.3 Å². The van der Waals surface area contributed by atoms with Crippen molar-refractivity contribution in [3.8, 4) is 6.07 Å². The van der Waals surface area contributed by atoms with Crippen molar-refractivity contribution in [3.63, 3.8) is 0 Å². The second kappa shape index (κ2) is 6.62.